The molecule has 5 aromatic rings. The van der Waals surface area contributed by atoms with Crippen LogP contribution in [-0.2, 0) is 12.8 Å². The van der Waals surface area contributed by atoms with Gasteiger partial charge >= 0.3 is 11.9 Å². The number of hydrogen-bond acceptors (Lipinski definition) is 6. The Balaban J connectivity index is 1.64. The number of aromatic nitrogens is 2. The summed E-state index contributed by atoms with van der Waals surface area (Å²) in [7, 11) is 0. The lowest BCUT2D eigenvalue weighted by atomic mass is 10.1. The van der Waals surface area contributed by atoms with E-state index in [0.29, 0.717) is 0 Å². The van der Waals surface area contributed by atoms with E-state index in [1.165, 1.54) is 60.7 Å². The van der Waals surface area contributed by atoms with Gasteiger partial charge in [-0.15, -0.1) is 0 Å². The van der Waals surface area contributed by atoms with Crippen LogP contribution in [0.3, 0.4) is 0 Å². The van der Waals surface area contributed by atoms with Crippen molar-refractivity contribution >= 4 is 22.8 Å². The normalized spacial score (nSPS) is 11.7. The molecule has 0 spiro atoms. The zero-order valence-corrected chi connectivity index (χ0v) is 20.9. The number of ether oxygens (including phenoxy) is 1. The van der Waals surface area contributed by atoms with Gasteiger partial charge in [-0.25, -0.2) is 9.37 Å². The van der Waals surface area contributed by atoms with Gasteiger partial charge in [0.15, 0.2) is 5.82 Å². The Morgan fingerprint density at radius 2 is 1.71 bits per heavy atom. The molecule has 4 aromatic carbocycles. The van der Waals surface area contributed by atoms with Crippen molar-refractivity contribution in [2.45, 2.75) is 12.8 Å². The Hall–Kier alpha value is -5.39. The summed E-state index contributed by atoms with van der Waals surface area (Å²) in [6.45, 7) is -0.342. The van der Waals surface area contributed by atoms with Crippen LogP contribution in [0.5, 0.6) is 5.75 Å². The van der Waals surface area contributed by atoms with Gasteiger partial charge in [-0.3, -0.25) is 14.9 Å². The maximum atomic E-state index is 14.1. The zero-order valence-electron chi connectivity index (χ0n) is 20.9. The first-order chi connectivity index (χ1) is 19.6. The van der Waals surface area contributed by atoms with Gasteiger partial charge in [0.25, 0.3) is 5.56 Å². The van der Waals surface area contributed by atoms with Gasteiger partial charge in [0.1, 0.15) is 12.4 Å². The monoisotopic (exact) mass is 562 g/mol. The maximum Gasteiger partial charge on any atom is 0.416 e. The van der Waals surface area contributed by atoms with Gasteiger partial charge in [-0.05, 0) is 36.4 Å². The lowest BCUT2D eigenvalue weighted by Gasteiger charge is -2.13. The Kier molecular flexibility index (Phi) is 7.30. The number of nitro benzene ring substituents is 1. The van der Waals surface area contributed by atoms with E-state index in [9.17, 15) is 32.5 Å². The van der Waals surface area contributed by atoms with E-state index in [-0.39, 0.29) is 45.8 Å². The third-order valence-corrected chi connectivity index (χ3v) is 6.07. The number of fused-ring (bicyclic) bond motifs is 1. The number of benzene rings is 4. The second-order valence-electron chi connectivity index (χ2n) is 8.73. The summed E-state index contributed by atoms with van der Waals surface area (Å²) in [4.78, 5) is 28.9. The van der Waals surface area contributed by atoms with Gasteiger partial charge in [-0.1, -0.05) is 48.5 Å². The predicted octanol–water partition coefficient (Wildman–Crippen LogP) is 6.59. The molecule has 0 amide bonds. The molecule has 0 aliphatic rings. The average molecular weight is 562 g/mol. The summed E-state index contributed by atoms with van der Waals surface area (Å²) >= 11 is 0. The summed E-state index contributed by atoms with van der Waals surface area (Å²) in [5.41, 5.74) is -1.65. The number of hydrogen-bond donors (Lipinski definition) is 0. The molecule has 12 heteroatoms. The van der Waals surface area contributed by atoms with Crippen LogP contribution in [0.25, 0.3) is 22.3 Å². The molecule has 0 N–H and O–H groups in total. The first kappa shape index (κ1) is 27.2. The zero-order chi connectivity index (χ0) is 29.1. The third kappa shape index (κ3) is 5.66. The minimum Gasteiger partial charge on any atom is -0.481 e. The van der Waals surface area contributed by atoms with Crippen LogP contribution in [0, 0.1) is 15.9 Å². The van der Waals surface area contributed by atoms with Gasteiger partial charge in [0.05, 0.1) is 27.6 Å². The fourth-order valence-corrected chi connectivity index (χ4v) is 4.08. The smallest absolute Gasteiger partial charge is 0.416 e. The highest BCUT2D eigenvalue weighted by molar-refractivity contribution is 5.86. The summed E-state index contributed by atoms with van der Waals surface area (Å²) < 4.78 is 60.9. The fraction of sp³-hybridized carbons (Fsp3) is 0.0690. The molecule has 0 unspecified atom stereocenters. The lowest BCUT2D eigenvalue weighted by molar-refractivity contribution is -0.386. The van der Waals surface area contributed by atoms with Crippen LogP contribution in [0.1, 0.15) is 16.7 Å². The number of alkyl halides is 3. The van der Waals surface area contributed by atoms with E-state index in [0.717, 1.165) is 23.0 Å². The highest BCUT2D eigenvalue weighted by Crippen LogP contribution is 2.33. The molecule has 0 radical (unpaired) electrons. The van der Waals surface area contributed by atoms with Crippen molar-refractivity contribution in [1.82, 2.24) is 9.66 Å². The predicted molar refractivity (Wildman–Crippen MR) is 143 cm³/mol. The van der Waals surface area contributed by atoms with Crippen molar-refractivity contribution in [3.8, 4) is 17.1 Å². The van der Waals surface area contributed by atoms with Crippen molar-refractivity contribution in [1.29, 1.82) is 0 Å². The highest BCUT2D eigenvalue weighted by Gasteiger charge is 2.31. The van der Waals surface area contributed by atoms with E-state index in [1.54, 1.807) is 18.2 Å². The molecule has 0 saturated heterocycles. The van der Waals surface area contributed by atoms with E-state index >= 15 is 0 Å². The van der Waals surface area contributed by atoms with Crippen LogP contribution in [-0.4, -0.2) is 20.8 Å². The fourth-order valence-electron chi connectivity index (χ4n) is 4.08. The summed E-state index contributed by atoms with van der Waals surface area (Å²) in [6, 6.07) is 20.2. The van der Waals surface area contributed by atoms with Gasteiger partial charge in [-0.2, -0.15) is 22.9 Å². The lowest BCUT2D eigenvalue weighted by Crippen LogP contribution is -2.20. The largest absolute Gasteiger partial charge is 0.481 e. The molecule has 0 aliphatic heterocycles. The molecule has 1 aromatic heterocycles. The van der Waals surface area contributed by atoms with Crippen LogP contribution in [0.4, 0.5) is 23.2 Å². The van der Waals surface area contributed by atoms with Gasteiger partial charge < -0.3 is 4.74 Å². The van der Waals surface area contributed by atoms with E-state index in [1.807, 2.05) is 0 Å². The number of rotatable bonds is 7. The van der Waals surface area contributed by atoms with E-state index in [2.05, 4.69) is 10.1 Å². The molecular weight excluding hydrogens is 544 g/mol. The molecule has 0 saturated carbocycles. The second kappa shape index (κ2) is 11.0. The standard InChI is InChI=1S/C29H18F4N4O4/c30-23-12-3-1-7-20(23)17-41-26-19(9-6-14-25(26)37(39)40)16-34-36-27(18-8-5-10-21(15-18)29(31,32)33)35-24-13-4-2-11-22(24)28(36)38/h1-16H,17H2. The minimum absolute atomic E-state index is 0.0325. The second-order valence-corrected chi connectivity index (χ2v) is 8.73. The molecule has 206 valence electrons. The highest BCUT2D eigenvalue weighted by atomic mass is 19.4. The summed E-state index contributed by atoms with van der Waals surface area (Å²) in [6.07, 6.45) is -3.55. The first-order valence-corrected chi connectivity index (χ1v) is 12.0. The van der Waals surface area contributed by atoms with Crippen LogP contribution in [0.15, 0.2) is 101 Å². The van der Waals surface area contributed by atoms with Crippen molar-refractivity contribution in [3.05, 3.63) is 134 Å². The number of nitrogens with zero attached hydrogens (tertiary/aromatic N) is 4. The molecular formula is C29H18F4N4O4. The summed E-state index contributed by atoms with van der Waals surface area (Å²) in [5, 5.41) is 16.1. The van der Waals surface area contributed by atoms with E-state index in [4.69, 9.17) is 4.74 Å². The topological polar surface area (TPSA) is 99.6 Å². The van der Waals surface area contributed by atoms with Crippen molar-refractivity contribution < 1.29 is 27.2 Å². The Labute approximate surface area is 228 Å². The van der Waals surface area contributed by atoms with Gasteiger partial charge in [0, 0.05) is 22.8 Å². The van der Waals surface area contributed by atoms with Crippen LogP contribution < -0.4 is 10.3 Å². The average Bonchev–Trinajstić information content (AvgIpc) is 2.96. The molecule has 8 nitrogen and oxygen atoms in total. The number of para-hydroxylation sites is 2. The van der Waals surface area contributed by atoms with Gasteiger partial charge in [0.2, 0.25) is 5.75 Å². The Bertz CT molecular complexity index is 1870. The molecule has 1 heterocycles. The number of nitro groups is 1. The molecule has 0 atom stereocenters. The first-order valence-electron chi connectivity index (χ1n) is 12.0. The van der Waals surface area contributed by atoms with E-state index < -0.39 is 33.7 Å². The molecule has 41 heavy (non-hydrogen) atoms. The Morgan fingerprint density at radius 3 is 2.46 bits per heavy atom. The number of halogens is 4. The molecule has 0 fully saturated rings. The SMILES string of the molecule is O=c1c2ccccc2nc(-c2cccc(C(F)(F)F)c2)n1N=Cc1cccc([N+](=O)[O-])c1OCc1ccccc1F. The Morgan fingerprint density at radius 1 is 0.976 bits per heavy atom. The van der Waals surface area contributed by atoms with Crippen LogP contribution >= 0.6 is 0 Å². The maximum absolute atomic E-state index is 14.1. The summed E-state index contributed by atoms with van der Waals surface area (Å²) in [5.74, 6) is -0.997. The quantitative estimate of drug-likeness (QED) is 0.0965. The minimum atomic E-state index is -4.64. The van der Waals surface area contributed by atoms with Crippen molar-refractivity contribution in [3.63, 3.8) is 0 Å². The molecule has 0 aliphatic carbocycles. The molecule has 0 bridgehead atoms. The molecule has 5 rings (SSSR count). The van der Waals surface area contributed by atoms with Crippen molar-refractivity contribution in [2.24, 2.45) is 5.10 Å². The van der Waals surface area contributed by atoms with Crippen molar-refractivity contribution in [2.75, 3.05) is 0 Å². The third-order valence-electron chi connectivity index (χ3n) is 6.07. The van der Waals surface area contributed by atoms with Crippen LogP contribution in [0.2, 0.25) is 0 Å².